The van der Waals surface area contributed by atoms with E-state index in [1.165, 1.54) is 11.3 Å². The Morgan fingerprint density at radius 3 is 2.78 bits per heavy atom. The van der Waals surface area contributed by atoms with Gasteiger partial charge in [0.1, 0.15) is 11.5 Å². The maximum absolute atomic E-state index is 12.8. The zero-order valence-electron chi connectivity index (χ0n) is 14.2. The number of carbonyl (C=O) groups excluding carboxylic acids is 1. The van der Waals surface area contributed by atoms with Crippen molar-refractivity contribution in [2.24, 2.45) is 0 Å². The summed E-state index contributed by atoms with van der Waals surface area (Å²) in [5, 5.41) is 0. The number of furan rings is 1. The molecule has 0 spiro atoms. The number of rotatable bonds is 3. The molecule has 0 radical (unpaired) electrons. The first-order chi connectivity index (χ1) is 11.0. The number of amides is 1. The van der Waals surface area contributed by atoms with E-state index < -0.39 is 0 Å². The van der Waals surface area contributed by atoms with Crippen molar-refractivity contribution >= 4 is 17.2 Å². The highest BCUT2D eigenvalue weighted by atomic mass is 32.1. The van der Waals surface area contributed by atoms with Crippen molar-refractivity contribution in [3.8, 4) is 10.6 Å². The third kappa shape index (κ3) is 3.35. The molecule has 124 valence electrons. The summed E-state index contributed by atoms with van der Waals surface area (Å²) in [5.41, 5.74) is 0. The molecule has 1 saturated heterocycles. The molecule has 1 fully saturated rings. The van der Waals surface area contributed by atoms with Crippen LogP contribution >= 0.6 is 11.3 Å². The maximum Gasteiger partial charge on any atom is 0.263 e. The van der Waals surface area contributed by atoms with Gasteiger partial charge in [-0.25, -0.2) is 0 Å². The second-order valence-electron chi connectivity index (χ2n) is 6.50. The summed E-state index contributed by atoms with van der Waals surface area (Å²) in [6.45, 7) is 5.20. The Morgan fingerprint density at radius 1 is 1.35 bits per heavy atom. The Hall–Kier alpha value is -1.59. The molecule has 2 atom stereocenters. The normalized spacial score (nSPS) is 22.3. The first-order valence-corrected chi connectivity index (χ1v) is 8.91. The van der Waals surface area contributed by atoms with Crippen LogP contribution in [0.4, 0.5) is 0 Å². The van der Waals surface area contributed by atoms with Crippen molar-refractivity contribution in [2.45, 2.75) is 38.8 Å². The molecule has 1 aliphatic rings. The van der Waals surface area contributed by atoms with Gasteiger partial charge in [-0.3, -0.25) is 4.79 Å². The highest BCUT2D eigenvalue weighted by Crippen LogP contribution is 2.31. The van der Waals surface area contributed by atoms with E-state index >= 15 is 0 Å². The lowest BCUT2D eigenvalue weighted by Crippen LogP contribution is -2.47. The van der Waals surface area contributed by atoms with Crippen molar-refractivity contribution in [2.75, 3.05) is 20.6 Å². The molecule has 0 unspecified atom stereocenters. The zero-order valence-corrected chi connectivity index (χ0v) is 15.0. The smallest absolute Gasteiger partial charge is 0.263 e. The molecule has 23 heavy (non-hydrogen) atoms. The van der Waals surface area contributed by atoms with Gasteiger partial charge in [0.2, 0.25) is 0 Å². The van der Waals surface area contributed by atoms with Gasteiger partial charge in [-0.05, 0) is 58.0 Å². The summed E-state index contributed by atoms with van der Waals surface area (Å²) in [5.74, 6) is 1.84. The number of likely N-dealkylation sites (tertiary alicyclic amines) is 1. The largest absolute Gasteiger partial charge is 0.461 e. The molecule has 0 aliphatic carbocycles. The third-order valence-electron chi connectivity index (χ3n) is 4.85. The summed E-state index contributed by atoms with van der Waals surface area (Å²) in [4.78, 5) is 18.8. The average molecular weight is 332 g/mol. The fourth-order valence-corrected chi connectivity index (χ4v) is 4.06. The molecule has 2 aromatic rings. The molecule has 0 saturated carbocycles. The van der Waals surface area contributed by atoms with Crippen LogP contribution in [0.15, 0.2) is 28.7 Å². The number of aryl methyl sites for hydroxylation is 1. The van der Waals surface area contributed by atoms with Crippen LogP contribution in [0.1, 0.15) is 35.2 Å². The molecule has 0 aromatic carbocycles. The van der Waals surface area contributed by atoms with Crippen molar-refractivity contribution < 1.29 is 9.21 Å². The van der Waals surface area contributed by atoms with E-state index in [-0.39, 0.29) is 5.91 Å². The molecule has 3 rings (SSSR count). The van der Waals surface area contributed by atoms with Crippen LogP contribution in [0.2, 0.25) is 0 Å². The molecular formula is C18H24N2O2S. The number of nitrogens with zero attached hydrogens (tertiary/aromatic N) is 2. The minimum Gasteiger partial charge on any atom is -0.461 e. The maximum atomic E-state index is 12.8. The van der Waals surface area contributed by atoms with E-state index in [2.05, 4.69) is 18.9 Å². The van der Waals surface area contributed by atoms with E-state index in [1.54, 1.807) is 0 Å². The second kappa shape index (κ2) is 6.49. The van der Waals surface area contributed by atoms with E-state index in [0.717, 1.165) is 40.7 Å². The second-order valence-corrected chi connectivity index (χ2v) is 7.58. The Labute approximate surface area is 141 Å². The predicted octanol–water partition coefficient (Wildman–Crippen LogP) is 3.87. The minimum atomic E-state index is 0.117. The molecule has 5 heteroatoms. The molecule has 2 aromatic heterocycles. The van der Waals surface area contributed by atoms with E-state index in [4.69, 9.17) is 4.42 Å². The molecule has 1 aliphatic heterocycles. The molecule has 1 amide bonds. The topological polar surface area (TPSA) is 36.7 Å². The van der Waals surface area contributed by atoms with Gasteiger partial charge in [-0.2, -0.15) is 0 Å². The van der Waals surface area contributed by atoms with Gasteiger partial charge in [-0.15, -0.1) is 11.3 Å². The Kier molecular flexibility index (Phi) is 4.60. The number of hydrogen-bond donors (Lipinski definition) is 0. The van der Waals surface area contributed by atoms with Gasteiger partial charge in [0.25, 0.3) is 5.91 Å². The highest BCUT2D eigenvalue weighted by molar-refractivity contribution is 7.17. The van der Waals surface area contributed by atoms with Crippen molar-refractivity contribution in [3.05, 3.63) is 34.9 Å². The fraction of sp³-hybridized carbons (Fsp3) is 0.500. The fourth-order valence-electron chi connectivity index (χ4n) is 3.11. The van der Waals surface area contributed by atoms with Crippen molar-refractivity contribution in [1.82, 2.24) is 9.80 Å². The van der Waals surface area contributed by atoms with Crippen LogP contribution in [0.5, 0.6) is 0 Å². The predicted molar refractivity (Wildman–Crippen MR) is 94.0 cm³/mol. The SMILES string of the molecule is Cc1ccc(-c2ccc(C(=O)N(C)[C@H]3CCN(C)[C@H](C)C3)s2)o1. The molecule has 4 nitrogen and oxygen atoms in total. The first-order valence-electron chi connectivity index (χ1n) is 8.09. The number of thiophene rings is 1. The summed E-state index contributed by atoms with van der Waals surface area (Å²) in [7, 11) is 4.08. The summed E-state index contributed by atoms with van der Waals surface area (Å²) in [6.07, 6.45) is 2.08. The minimum absolute atomic E-state index is 0.117. The Morgan fingerprint density at radius 2 is 2.13 bits per heavy atom. The van der Waals surface area contributed by atoms with Crippen LogP contribution in [0, 0.1) is 6.92 Å². The monoisotopic (exact) mass is 332 g/mol. The lowest BCUT2D eigenvalue weighted by molar-refractivity contribution is 0.0603. The quantitative estimate of drug-likeness (QED) is 0.856. The van der Waals surface area contributed by atoms with Gasteiger partial charge < -0.3 is 14.2 Å². The Bertz CT molecular complexity index is 691. The highest BCUT2D eigenvalue weighted by Gasteiger charge is 2.29. The van der Waals surface area contributed by atoms with Crippen LogP contribution < -0.4 is 0 Å². The first kappa shape index (κ1) is 16.3. The van der Waals surface area contributed by atoms with Gasteiger partial charge in [-0.1, -0.05) is 0 Å². The average Bonchev–Trinajstić information content (AvgIpc) is 3.17. The summed E-state index contributed by atoms with van der Waals surface area (Å²) < 4.78 is 5.65. The number of piperidine rings is 1. The zero-order chi connectivity index (χ0) is 16.6. The lowest BCUT2D eigenvalue weighted by atomic mass is 9.97. The summed E-state index contributed by atoms with van der Waals surface area (Å²) >= 11 is 1.51. The lowest BCUT2D eigenvalue weighted by Gasteiger charge is -2.39. The van der Waals surface area contributed by atoms with Crippen molar-refractivity contribution in [3.63, 3.8) is 0 Å². The van der Waals surface area contributed by atoms with Crippen LogP contribution in [-0.4, -0.2) is 48.4 Å². The molecule has 0 N–H and O–H groups in total. The van der Waals surface area contributed by atoms with Gasteiger partial charge in [0.15, 0.2) is 0 Å². The van der Waals surface area contributed by atoms with E-state index in [9.17, 15) is 4.79 Å². The van der Waals surface area contributed by atoms with Crippen LogP contribution in [-0.2, 0) is 0 Å². The summed E-state index contributed by atoms with van der Waals surface area (Å²) in [6, 6.07) is 8.63. The number of hydrogen-bond acceptors (Lipinski definition) is 4. The van der Waals surface area contributed by atoms with Gasteiger partial charge in [0.05, 0.1) is 9.75 Å². The number of carbonyl (C=O) groups is 1. The van der Waals surface area contributed by atoms with E-state index in [0.29, 0.717) is 12.1 Å². The van der Waals surface area contributed by atoms with Crippen molar-refractivity contribution in [1.29, 1.82) is 0 Å². The van der Waals surface area contributed by atoms with Crippen LogP contribution in [0.25, 0.3) is 10.6 Å². The standard InChI is InChI=1S/C18H24N2O2S/c1-12-11-14(9-10-19(12)3)20(4)18(21)17-8-7-16(23-17)15-6-5-13(2)22-15/h5-8,12,14H,9-11H2,1-4H3/t12-,14+/m1/s1. The van der Waals surface area contributed by atoms with Crippen LogP contribution in [0.3, 0.4) is 0 Å². The molecule has 0 bridgehead atoms. The Balaban J connectivity index is 1.72. The molecule has 3 heterocycles. The van der Waals surface area contributed by atoms with Gasteiger partial charge in [0, 0.05) is 25.7 Å². The van der Waals surface area contributed by atoms with Gasteiger partial charge >= 0.3 is 0 Å². The third-order valence-corrected chi connectivity index (χ3v) is 5.94. The molecular weight excluding hydrogens is 308 g/mol. The van der Waals surface area contributed by atoms with E-state index in [1.807, 2.05) is 43.1 Å².